The molecule has 0 aromatic rings. The zero-order valence-electron chi connectivity index (χ0n) is 8.18. The largest absolute Gasteiger partial charge is 0.299 e. The summed E-state index contributed by atoms with van der Waals surface area (Å²) < 4.78 is 0. The van der Waals surface area contributed by atoms with Gasteiger partial charge in [-0.1, -0.05) is 34.1 Å². The second-order valence-electron chi connectivity index (χ2n) is 3.75. The normalized spacial score (nSPS) is 13.5. The van der Waals surface area contributed by atoms with Gasteiger partial charge in [-0.2, -0.15) is 0 Å². The smallest absolute Gasteiger partial charge is 0.135 e. The SMILES string of the molecule is CCCC(C)C(=O)CC(C)C. The predicted octanol–water partition coefficient (Wildman–Crippen LogP) is 3.04. The summed E-state index contributed by atoms with van der Waals surface area (Å²) in [5, 5.41) is 0. The van der Waals surface area contributed by atoms with E-state index in [0.29, 0.717) is 11.7 Å². The molecule has 66 valence electrons. The van der Waals surface area contributed by atoms with Gasteiger partial charge >= 0.3 is 0 Å². The lowest BCUT2D eigenvalue weighted by atomic mass is 9.94. The van der Waals surface area contributed by atoms with Crippen LogP contribution in [0.15, 0.2) is 0 Å². The van der Waals surface area contributed by atoms with Crippen molar-refractivity contribution in [2.24, 2.45) is 11.8 Å². The molecule has 1 nitrogen and oxygen atoms in total. The van der Waals surface area contributed by atoms with Crippen LogP contribution in [0.3, 0.4) is 0 Å². The molecule has 0 heterocycles. The van der Waals surface area contributed by atoms with Crippen LogP contribution in [0.1, 0.15) is 47.0 Å². The van der Waals surface area contributed by atoms with E-state index < -0.39 is 0 Å². The third-order valence-corrected chi connectivity index (χ3v) is 1.88. The van der Waals surface area contributed by atoms with Gasteiger partial charge in [0.15, 0.2) is 0 Å². The van der Waals surface area contributed by atoms with Crippen molar-refractivity contribution in [1.82, 2.24) is 0 Å². The van der Waals surface area contributed by atoms with Gasteiger partial charge in [-0.05, 0) is 12.3 Å². The lowest BCUT2D eigenvalue weighted by molar-refractivity contribution is -0.123. The van der Waals surface area contributed by atoms with Crippen molar-refractivity contribution < 1.29 is 4.79 Å². The van der Waals surface area contributed by atoms with Crippen molar-refractivity contribution in [2.75, 3.05) is 0 Å². The van der Waals surface area contributed by atoms with Crippen LogP contribution in [0, 0.1) is 11.8 Å². The van der Waals surface area contributed by atoms with Crippen LogP contribution >= 0.6 is 0 Å². The van der Waals surface area contributed by atoms with Crippen LogP contribution in [-0.4, -0.2) is 5.78 Å². The van der Waals surface area contributed by atoms with Crippen LogP contribution in [0.25, 0.3) is 0 Å². The van der Waals surface area contributed by atoms with Gasteiger partial charge in [0.2, 0.25) is 0 Å². The number of rotatable bonds is 5. The number of hydrogen-bond acceptors (Lipinski definition) is 1. The molecule has 11 heavy (non-hydrogen) atoms. The summed E-state index contributed by atoms with van der Waals surface area (Å²) in [6.07, 6.45) is 2.91. The maximum atomic E-state index is 11.3. The topological polar surface area (TPSA) is 17.1 Å². The minimum absolute atomic E-state index is 0.280. The summed E-state index contributed by atoms with van der Waals surface area (Å²) in [7, 11) is 0. The van der Waals surface area contributed by atoms with Gasteiger partial charge in [0.1, 0.15) is 5.78 Å². The standard InChI is InChI=1S/C10H20O/c1-5-6-9(4)10(11)7-8(2)3/h8-9H,5-7H2,1-4H3. The molecule has 0 amide bonds. The molecule has 0 saturated heterocycles. The first-order chi connectivity index (χ1) is 5.07. The molecule has 0 saturated carbocycles. The summed E-state index contributed by atoms with van der Waals surface area (Å²) in [6.45, 7) is 8.35. The van der Waals surface area contributed by atoms with E-state index in [4.69, 9.17) is 0 Å². The summed E-state index contributed by atoms with van der Waals surface area (Å²) in [6, 6.07) is 0. The Morgan fingerprint density at radius 2 is 1.82 bits per heavy atom. The van der Waals surface area contributed by atoms with Crippen molar-refractivity contribution in [3.63, 3.8) is 0 Å². The molecule has 1 heteroatoms. The summed E-state index contributed by atoms with van der Waals surface area (Å²) >= 11 is 0. The molecule has 0 fully saturated rings. The Morgan fingerprint density at radius 1 is 1.27 bits per heavy atom. The summed E-state index contributed by atoms with van der Waals surface area (Å²) in [5.41, 5.74) is 0. The first kappa shape index (κ1) is 10.7. The zero-order chi connectivity index (χ0) is 8.85. The first-order valence-corrected chi connectivity index (χ1v) is 4.60. The van der Waals surface area contributed by atoms with Gasteiger partial charge in [-0.25, -0.2) is 0 Å². The Kier molecular flexibility index (Phi) is 5.18. The van der Waals surface area contributed by atoms with Gasteiger partial charge in [0.05, 0.1) is 0 Å². The van der Waals surface area contributed by atoms with E-state index in [1.807, 2.05) is 6.92 Å². The molecule has 0 aliphatic carbocycles. The minimum atomic E-state index is 0.280. The van der Waals surface area contributed by atoms with E-state index >= 15 is 0 Å². The van der Waals surface area contributed by atoms with E-state index in [0.717, 1.165) is 19.3 Å². The molecule has 0 aliphatic rings. The fraction of sp³-hybridized carbons (Fsp3) is 0.900. The van der Waals surface area contributed by atoms with Crippen LogP contribution in [-0.2, 0) is 4.79 Å². The lowest BCUT2D eigenvalue weighted by Crippen LogP contribution is -2.12. The van der Waals surface area contributed by atoms with Crippen LogP contribution < -0.4 is 0 Å². The highest BCUT2D eigenvalue weighted by Crippen LogP contribution is 2.12. The van der Waals surface area contributed by atoms with Crippen LogP contribution in [0.5, 0.6) is 0 Å². The highest BCUT2D eigenvalue weighted by atomic mass is 16.1. The number of Topliss-reactive ketones (excluding diaryl/α,β-unsaturated/α-hetero) is 1. The predicted molar refractivity (Wildman–Crippen MR) is 48.5 cm³/mol. The van der Waals surface area contributed by atoms with E-state index in [-0.39, 0.29) is 5.92 Å². The number of carbonyl (C=O) groups excluding carboxylic acids is 1. The second-order valence-corrected chi connectivity index (χ2v) is 3.75. The quantitative estimate of drug-likeness (QED) is 0.598. The summed E-state index contributed by atoms with van der Waals surface area (Å²) in [4.78, 5) is 11.3. The maximum absolute atomic E-state index is 11.3. The average molecular weight is 156 g/mol. The van der Waals surface area contributed by atoms with Gasteiger partial charge in [0, 0.05) is 12.3 Å². The Balaban J connectivity index is 3.64. The fourth-order valence-corrected chi connectivity index (χ4v) is 1.20. The van der Waals surface area contributed by atoms with Gasteiger partial charge in [-0.15, -0.1) is 0 Å². The minimum Gasteiger partial charge on any atom is -0.299 e. The third kappa shape index (κ3) is 5.00. The molecule has 0 spiro atoms. The number of hydrogen-bond donors (Lipinski definition) is 0. The van der Waals surface area contributed by atoms with Crippen molar-refractivity contribution in [3.8, 4) is 0 Å². The molecular weight excluding hydrogens is 136 g/mol. The lowest BCUT2D eigenvalue weighted by Gasteiger charge is -2.09. The van der Waals surface area contributed by atoms with E-state index in [1.165, 1.54) is 0 Å². The highest BCUT2D eigenvalue weighted by molar-refractivity contribution is 5.80. The third-order valence-electron chi connectivity index (χ3n) is 1.88. The van der Waals surface area contributed by atoms with Gasteiger partial charge < -0.3 is 0 Å². The zero-order valence-corrected chi connectivity index (χ0v) is 8.18. The van der Waals surface area contributed by atoms with Gasteiger partial charge in [-0.3, -0.25) is 4.79 Å². The van der Waals surface area contributed by atoms with Crippen molar-refractivity contribution >= 4 is 5.78 Å². The van der Waals surface area contributed by atoms with E-state index in [2.05, 4.69) is 20.8 Å². The molecule has 0 aliphatic heterocycles. The molecule has 0 radical (unpaired) electrons. The van der Waals surface area contributed by atoms with Gasteiger partial charge in [0.25, 0.3) is 0 Å². The summed E-state index contributed by atoms with van der Waals surface area (Å²) in [5.74, 6) is 1.23. The molecular formula is C10H20O. The Labute approximate surface area is 70.2 Å². The van der Waals surface area contributed by atoms with Crippen LogP contribution in [0.2, 0.25) is 0 Å². The van der Waals surface area contributed by atoms with Crippen molar-refractivity contribution in [2.45, 2.75) is 47.0 Å². The second kappa shape index (κ2) is 5.34. The number of ketones is 1. The molecule has 1 unspecified atom stereocenters. The van der Waals surface area contributed by atoms with Crippen LogP contribution in [0.4, 0.5) is 0 Å². The molecule has 0 aromatic heterocycles. The Hall–Kier alpha value is -0.330. The van der Waals surface area contributed by atoms with E-state index in [9.17, 15) is 4.79 Å². The molecule has 0 N–H and O–H groups in total. The molecule has 0 aromatic carbocycles. The first-order valence-electron chi connectivity index (χ1n) is 4.60. The van der Waals surface area contributed by atoms with Crippen molar-refractivity contribution in [1.29, 1.82) is 0 Å². The Bertz CT molecular complexity index is 116. The van der Waals surface area contributed by atoms with Crippen molar-refractivity contribution in [3.05, 3.63) is 0 Å². The monoisotopic (exact) mass is 156 g/mol. The molecule has 0 rings (SSSR count). The Morgan fingerprint density at radius 3 is 2.18 bits per heavy atom. The fourth-order valence-electron chi connectivity index (χ4n) is 1.20. The average Bonchev–Trinajstić information content (AvgIpc) is 1.86. The maximum Gasteiger partial charge on any atom is 0.135 e. The highest BCUT2D eigenvalue weighted by Gasteiger charge is 2.12. The van der Waals surface area contributed by atoms with E-state index in [1.54, 1.807) is 0 Å². The molecule has 0 bridgehead atoms. The molecule has 1 atom stereocenters. The number of carbonyl (C=O) groups is 1.